The van der Waals surface area contributed by atoms with Gasteiger partial charge in [0.1, 0.15) is 4.32 Å². The van der Waals surface area contributed by atoms with E-state index >= 15 is 0 Å². The van der Waals surface area contributed by atoms with E-state index in [0.29, 0.717) is 4.91 Å². The molecule has 0 spiro atoms. The molecule has 0 aliphatic carbocycles. The standard InChI is InChI=1S/C11H9NO3S3/c1-6(10(14)15)12-9(13)8(18-11(12)16)5-7-3-2-4-17-7/h2-6H,1H3,(H,14,15)/p-1/t6-/m0/s1. The fourth-order valence-electron chi connectivity index (χ4n) is 1.42. The van der Waals surface area contributed by atoms with Crippen molar-refractivity contribution in [2.45, 2.75) is 13.0 Å². The number of hydrogen-bond donors (Lipinski definition) is 0. The highest BCUT2D eigenvalue weighted by Crippen LogP contribution is 2.34. The van der Waals surface area contributed by atoms with Crippen LogP contribution in [0.2, 0.25) is 0 Å². The zero-order valence-corrected chi connectivity index (χ0v) is 11.7. The molecule has 1 aromatic heterocycles. The molecule has 1 atom stereocenters. The Morgan fingerprint density at radius 3 is 2.89 bits per heavy atom. The van der Waals surface area contributed by atoms with Gasteiger partial charge in [-0.2, -0.15) is 0 Å². The second-order valence-electron chi connectivity index (χ2n) is 3.56. The number of hydrogen-bond acceptors (Lipinski definition) is 6. The zero-order chi connectivity index (χ0) is 13.3. The number of carboxylic acids is 1. The number of carbonyl (C=O) groups excluding carboxylic acids is 2. The number of thiophene rings is 1. The quantitative estimate of drug-likeness (QED) is 0.617. The van der Waals surface area contributed by atoms with Crippen molar-refractivity contribution in [1.29, 1.82) is 0 Å². The highest BCUT2D eigenvalue weighted by atomic mass is 32.2. The van der Waals surface area contributed by atoms with E-state index in [0.717, 1.165) is 21.5 Å². The largest absolute Gasteiger partial charge is 0.548 e. The van der Waals surface area contributed by atoms with Gasteiger partial charge in [-0.3, -0.25) is 9.69 Å². The van der Waals surface area contributed by atoms with Crippen LogP contribution >= 0.6 is 35.3 Å². The summed E-state index contributed by atoms with van der Waals surface area (Å²) in [6, 6.07) is 2.70. The molecule has 2 rings (SSSR count). The first-order valence-electron chi connectivity index (χ1n) is 5.02. The minimum absolute atomic E-state index is 0.250. The minimum Gasteiger partial charge on any atom is -0.548 e. The van der Waals surface area contributed by atoms with Crippen molar-refractivity contribution in [1.82, 2.24) is 4.90 Å². The van der Waals surface area contributed by atoms with Gasteiger partial charge in [-0.05, 0) is 24.4 Å². The average Bonchev–Trinajstić information content (AvgIpc) is 2.88. The number of carbonyl (C=O) groups is 2. The Morgan fingerprint density at radius 2 is 2.33 bits per heavy atom. The maximum atomic E-state index is 12.1. The summed E-state index contributed by atoms with van der Waals surface area (Å²) in [6.45, 7) is 1.38. The van der Waals surface area contributed by atoms with Gasteiger partial charge < -0.3 is 9.90 Å². The molecule has 2 heterocycles. The van der Waals surface area contributed by atoms with E-state index in [9.17, 15) is 14.7 Å². The summed E-state index contributed by atoms with van der Waals surface area (Å²) in [5, 5.41) is 12.7. The van der Waals surface area contributed by atoms with Crippen molar-refractivity contribution in [3.05, 3.63) is 27.3 Å². The minimum atomic E-state index is -1.32. The summed E-state index contributed by atoms with van der Waals surface area (Å²) in [6.07, 6.45) is 1.71. The van der Waals surface area contributed by atoms with E-state index < -0.39 is 12.0 Å². The van der Waals surface area contributed by atoms with E-state index in [2.05, 4.69) is 0 Å². The predicted octanol–water partition coefficient (Wildman–Crippen LogP) is 1.09. The number of nitrogens with zero attached hydrogens (tertiary/aromatic N) is 1. The normalized spacial score (nSPS) is 19.6. The molecular weight excluding hydrogens is 290 g/mol. The van der Waals surface area contributed by atoms with E-state index in [4.69, 9.17) is 12.2 Å². The average molecular weight is 298 g/mol. The molecule has 0 radical (unpaired) electrons. The Labute approximate surface area is 117 Å². The SMILES string of the molecule is C[C@@H](C(=O)[O-])N1C(=O)C(=Cc2cccs2)SC1=S. The Balaban J connectivity index is 2.27. The van der Waals surface area contributed by atoms with Crippen molar-refractivity contribution in [2.75, 3.05) is 0 Å². The van der Waals surface area contributed by atoms with Crippen LogP contribution in [0.3, 0.4) is 0 Å². The third-order valence-electron chi connectivity index (χ3n) is 2.37. The lowest BCUT2D eigenvalue weighted by Gasteiger charge is -2.23. The van der Waals surface area contributed by atoms with Crippen LogP contribution in [0.15, 0.2) is 22.4 Å². The molecule has 1 aliphatic heterocycles. The number of thiocarbonyl (C=S) groups is 1. The molecule has 0 N–H and O–H groups in total. The highest BCUT2D eigenvalue weighted by molar-refractivity contribution is 8.26. The molecule has 0 saturated carbocycles. The fraction of sp³-hybridized carbons (Fsp3) is 0.182. The molecule has 1 amide bonds. The van der Waals surface area contributed by atoms with Gasteiger partial charge in [0.05, 0.1) is 16.9 Å². The monoisotopic (exact) mass is 298 g/mol. The molecule has 7 heteroatoms. The van der Waals surface area contributed by atoms with Crippen molar-refractivity contribution in [3.63, 3.8) is 0 Å². The summed E-state index contributed by atoms with van der Waals surface area (Å²) in [4.78, 5) is 25.3. The van der Waals surface area contributed by atoms with Crippen molar-refractivity contribution in [3.8, 4) is 0 Å². The third kappa shape index (κ3) is 2.47. The van der Waals surface area contributed by atoms with Gasteiger partial charge in [-0.15, -0.1) is 11.3 Å². The molecule has 4 nitrogen and oxygen atoms in total. The van der Waals surface area contributed by atoms with Gasteiger partial charge >= 0.3 is 0 Å². The smallest absolute Gasteiger partial charge is 0.266 e. The second kappa shape index (κ2) is 5.21. The number of rotatable bonds is 3. The third-order valence-corrected chi connectivity index (χ3v) is 4.52. The molecule has 0 aromatic carbocycles. The first kappa shape index (κ1) is 13.3. The Hall–Kier alpha value is -1.18. The zero-order valence-electron chi connectivity index (χ0n) is 9.28. The molecule has 1 fully saturated rings. The van der Waals surface area contributed by atoms with Gasteiger partial charge in [-0.1, -0.05) is 30.0 Å². The fourth-order valence-corrected chi connectivity index (χ4v) is 3.56. The van der Waals surface area contributed by atoms with E-state index in [1.807, 2.05) is 17.5 Å². The van der Waals surface area contributed by atoms with Gasteiger partial charge in [0.15, 0.2) is 0 Å². The number of amides is 1. The van der Waals surface area contributed by atoms with Crippen LogP contribution in [0.4, 0.5) is 0 Å². The van der Waals surface area contributed by atoms with Crippen LogP contribution in [0.25, 0.3) is 6.08 Å². The Bertz CT molecular complexity index is 536. The first-order chi connectivity index (χ1) is 8.50. The lowest BCUT2D eigenvalue weighted by Crippen LogP contribution is -2.48. The van der Waals surface area contributed by atoms with Crippen LogP contribution in [0.5, 0.6) is 0 Å². The number of carboxylic acid groups (broad SMARTS) is 1. The lowest BCUT2D eigenvalue weighted by atomic mass is 10.3. The maximum Gasteiger partial charge on any atom is 0.266 e. The van der Waals surface area contributed by atoms with Gasteiger partial charge in [0, 0.05) is 4.88 Å². The second-order valence-corrected chi connectivity index (χ2v) is 6.22. The van der Waals surface area contributed by atoms with Gasteiger partial charge in [-0.25, -0.2) is 0 Å². The van der Waals surface area contributed by atoms with Crippen LogP contribution in [-0.2, 0) is 9.59 Å². The summed E-state index contributed by atoms with van der Waals surface area (Å²) in [7, 11) is 0. The molecule has 0 unspecified atom stereocenters. The predicted molar refractivity (Wildman–Crippen MR) is 73.8 cm³/mol. The van der Waals surface area contributed by atoms with E-state index in [1.54, 1.807) is 6.08 Å². The molecule has 1 saturated heterocycles. The van der Waals surface area contributed by atoms with Crippen molar-refractivity contribution < 1.29 is 14.7 Å². The molecule has 1 aromatic rings. The molecular formula is C11H8NO3S3-. The van der Waals surface area contributed by atoms with Crippen LogP contribution in [-0.4, -0.2) is 27.1 Å². The van der Waals surface area contributed by atoms with Crippen LogP contribution < -0.4 is 5.11 Å². The number of aliphatic carboxylic acids is 1. The van der Waals surface area contributed by atoms with Crippen LogP contribution in [0.1, 0.15) is 11.8 Å². The highest BCUT2D eigenvalue weighted by Gasteiger charge is 2.35. The van der Waals surface area contributed by atoms with Gasteiger partial charge in [0.25, 0.3) is 5.91 Å². The van der Waals surface area contributed by atoms with Crippen molar-refractivity contribution in [2.24, 2.45) is 0 Å². The van der Waals surface area contributed by atoms with E-state index in [-0.39, 0.29) is 10.2 Å². The van der Waals surface area contributed by atoms with Crippen molar-refractivity contribution >= 4 is 57.6 Å². The molecule has 1 aliphatic rings. The first-order valence-corrected chi connectivity index (χ1v) is 7.12. The lowest BCUT2D eigenvalue weighted by molar-refractivity contribution is -0.309. The summed E-state index contributed by atoms with van der Waals surface area (Å²) >= 11 is 7.63. The summed E-state index contributed by atoms with van der Waals surface area (Å²) in [5.74, 6) is -1.70. The Kier molecular flexibility index (Phi) is 3.84. The topological polar surface area (TPSA) is 60.4 Å². The van der Waals surface area contributed by atoms with Crippen LogP contribution in [0, 0.1) is 0 Å². The summed E-state index contributed by atoms with van der Waals surface area (Å²) < 4.78 is 0.250. The van der Waals surface area contributed by atoms with E-state index in [1.165, 1.54) is 18.3 Å². The molecule has 18 heavy (non-hydrogen) atoms. The number of thioether (sulfide) groups is 1. The molecule has 0 bridgehead atoms. The Morgan fingerprint density at radius 1 is 1.61 bits per heavy atom. The molecule has 94 valence electrons. The maximum absolute atomic E-state index is 12.1. The summed E-state index contributed by atoms with van der Waals surface area (Å²) in [5.41, 5.74) is 0. The van der Waals surface area contributed by atoms with Gasteiger partial charge in [0.2, 0.25) is 0 Å².